The van der Waals surface area contributed by atoms with Crippen molar-refractivity contribution in [1.29, 1.82) is 0 Å². The third kappa shape index (κ3) is 1.86. The third-order valence-corrected chi connectivity index (χ3v) is 3.35. The minimum absolute atomic E-state index is 0.0873. The number of hydrogen-bond acceptors (Lipinski definition) is 4. The van der Waals surface area contributed by atoms with Crippen LogP contribution in [0.1, 0.15) is 17.0 Å². The molecule has 1 amide bonds. The van der Waals surface area contributed by atoms with Crippen molar-refractivity contribution < 1.29 is 4.79 Å². The SMILES string of the molecule is O=C(CS)Nc1nc2c(s1)CCC2. The van der Waals surface area contributed by atoms with E-state index < -0.39 is 0 Å². The maximum Gasteiger partial charge on any atom is 0.235 e. The van der Waals surface area contributed by atoms with E-state index in [0.29, 0.717) is 0 Å². The molecule has 2 rings (SSSR count). The first-order valence-corrected chi connectivity index (χ1v) is 5.64. The first-order valence-electron chi connectivity index (χ1n) is 4.19. The van der Waals surface area contributed by atoms with E-state index in [1.165, 1.54) is 17.0 Å². The fourth-order valence-electron chi connectivity index (χ4n) is 1.40. The summed E-state index contributed by atoms with van der Waals surface area (Å²) in [7, 11) is 0. The number of thiazole rings is 1. The van der Waals surface area contributed by atoms with Crippen LogP contribution < -0.4 is 5.32 Å². The van der Waals surface area contributed by atoms with Gasteiger partial charge in [0.2, 0.25) is 5.91 Å². The minimum atomic E-state index is -0.0873. The molecule has 0 aromatic carbocycles. The summed E-state index contributed by atoms with van der Waals surface area (Å²) < 4.78 is 0. The van der Waals surface area contributed by atoms with Crippen LogP contribution in [-0.4, -0.2) is 16.6 Å². The van der Waals surface area contributed by atoms with Crippen LogP contribution >= 0.6 is 24.0 Å². The van der Waals surface area contributed by atoms with E-state index in [-0.39, 0.29) is 11.7 Å². The third-order valence-electron chi connectivity index (χ3n) is 1.99. The summed E-state index contributed by atoms with van der Waals surface area (Å²) in [5.74, 6) is 0.125. The molecule has 0 bridgehead atoms. The highest BCUT2D eigenvalue weighted by atomic mass is 32.1. The van der Waals surface area contributed by atoms with Crippen LogP contribution in [0, 0.1) is 0 Å². The Labute approximate surface area is 86.0 Å². The molecule has 0 unspecified atom stereocenters. The van der Waals surface area contributed by atoms with Gasteiger partial charge in [0.1, 0.15) is 0 Å². The van der Waals surface area contributed by atoms with Crippen LogP contribution in [0.5, 0.6) is 0 Å². The maximum atomic E-state index is 11.0. The maximum absolute atomic E-state index is 11.0. The largest absolute Gasteiger partial charge is 0.301 e. The van der Waals surface area contributed by atoms with Crippen LogP contribution in [0.15, 0.2) is 0 Å². The Morgan fingerprint density at radius 1 is 1.62 bits per heavy atom. The molecule has 5 heteroatoms. The van der Waals surface area contributed by atoms with E-state index in [0.717, 1.165) is 18.0 Å². The lowest BCUT2D eigenvalue weighted by Crippen LogP contribution is -2.12. The number of nitrogens with one attached hydrogen (secondary N) is 1. The van der Waals surface area contributed by atoms with Gasteiger partial charge in [-0.15, -0.1) is 11.3 Å². The highest BCUT2D eigenvalue weighted by Gasteiger charge is 2.17. The second kappa shape index (κ2) is 3.67. The van der Waals surface area contributed by atoms with Gasteiger partial charge in [0.25, 0.3) is 0 Å². The second-order valence-corrected chi connectivity index (χ2v) is 4.35. The molecular formula is C8H10N2OS2. The summed E-state index contributed by atoms with van der Waals surface area (Å²) in [5.41, 5.74) is 1.17. The van der Waals surface area contributed by atoms with Crippen molar-refractivity contribution in [1.82, 2.24) is 4.98 Å². The van der Waals surface area contributed by atoms with Crippen molar-refractivity contribution in [3.63, 3.8) is 0 Å². The van der Waals surface area contributed by atoms with Crippen LogP contribution in [0.2, 0.25) is 0 Å². The monoisotopic (exact) mass is 214 g/mol. The molecule has 0 radical (unpaired) electrons. The normalized spacial score (nSPS) is 14.2. The Morgan fingerprint density at radius 3 is 3.15 bits per heavy atom. The van der Waals surface area contributed by atoms with E-state index in [2.05, 4.69) is 22.9 Å². The van der Waals surface area contributed by atoms with Gasteiger partial charge in [-0.2, -0.15) is 12.6 Å². The molecule has 0 saturated carbocycles. The molecule has 0 aliphatic heterocycles. The molecule has 0 spiro atoms. The molecule has 70 valence electrons. The number of carbonyl (C=O) groups excluding carboxylic acids is 1. The first kappa shape index (κ1) is 9.02. The van der Waals surface area contributed by atoms with Crippen molar-refractivity contribution in [2.24, 2.45) is 0 Å². The summed E-state index contributed by atoms with van der Waals surface area (Å²) in [4.78, 5) is 16.6. The molecule has 1 aromatic heterocycles. The predicted octanol–water partition coefficient (Wildman–Crippen LogP) is 1.50. The zero-order chi connectivity index (χ0) is 9.26. The van der Waals surface area contributed by atoms with Gasteiger partial charge in [-0.25, -0.2) is 4.98 Å². The number of amides is 1. The van der Waals surface area contributed by atoms with Crippen LogP contribution in [-0.2, 0) is 17.6 Å². The van der Waals surface area contributed by atoms with Gasteiger partial charge in [-0.1, -0.05) is 0 Å². The van der Waals surface area contributed by atoms with E-state index in [9.17, 15) is 4.79 Å². The van der Waals surface area contributed by atoms with Gasteiger partial charge in [-0.05, 0) is 19.3 Å². The molecule has 0 fully saturated rings. The zero-order valence-electron chi connectivity index (χ0n) is 7.04. The predicted molar refractivity (Wildman–Crippen MR) is 56.6 cm³/mol. The summed E-state index contributed by atoms with van der Waals surface area (Å²) in [6.45, 7) is 0. The number of anilines is 1. The Balaban J connectivity index is 2.10. The number of fused-ring (bicyclic) bond motifs is 1. The van der Waals surface area contributed by atoms with Crippen LogP contribution in [0.3, 0.4) is 0 Å². The fourth-order valence-corrected chi connectivity index (χ4v) is 2.55. The lowest BCUT2D eigenvalue weighted by molar-refractivity contribution is -0.113. The standard InChI is InChI=1S/C8H10N2OS2/c11-7(4-12)10-8-9-5-2-1-3-6(5)13-8/h12H,1-4H2,(H,9,10,11). The average molecular weight is 214 g/mol. The van der Waals surface area contributed by atoms with Crippen LogP contribution in [0.4, 0.5) is 5.13 Å². The van der Waals surface area contributed by atoms with E-state index in [4.69, 9.17) is 0 Å². The number of nitrogens with zero attached hydrogens (tertiary/aromatic N) is 1. The lowest BCUT2D eigenvalue weighted by atomic mass is 10.4. The number of rotatable bonds is 2. The van der Waals surface area contributed by atoms with E-state index in [1.54, 1.807) is 11.3 Å². The molecular weight excluding hydrogens is 204 g/mol. The van der Waals surface area contributed by atoms with Crippen LogP contribution in [0.25, 0.3) is 0 Å². The van der Waals surface area contributed by atoms with Crippen molar-refractivity contribution in [2.45, 2.75) is 19.3 Å². The van der Waals surface area contributed by atoms with Crippen molar-refractivity contribution in [3.05, 3.63) is 10.6 Å². The molecule has 0 atom stereocenters. The molecule has 1 N–H and O–H groups in total. The quantitative estimate of drug-likeness (QED) is 0.733. The molecule has 13 heavy (non-hydrogen) atoms. The topological polar surface area (TPSA) is 42.0 Å². The highest BCUT2D eigenvalue weighted by molar-refractivity contribution is 7.81. The number of thiol groups is 1. The van der Waals surface area contributed by atoms with Gasteiger partial charge in [0, 0.05) is 4.88 Å². The molecule has 1 aliphatic rings. The number of aryl methyl sites for hydroxylation is 2. The summed E-state index contributed by atoms with van der Waals surface area (Å²) in [6, 6.07) is 0. The van der Waals surface area contributed by atoms with E-state index >= 15 is 0 Å². The summed E-state index contributed by atoms with van der Waals surface area (Å²) >= 11 is 5.47. The Hall–Kier alpha value is -0.550. The Bertz CT molecular complexity index is 313. The number of hydrogen-bond donors (Lipinski definition) is 2. The Kier molecular flexibility index (Phi) is 2.55. The molecule has 1 aromatic rings. The smallest absolute Gasteiger partial charge is 0.235 e. The van der Waals surface area contributed by atoms with Gasteiger partial charge in [-0.3, -0.25) is 4.79 Å². The van der Waals surface area contributed by atoms with E-state index in [1.807, 2.05) is 0 Å². The first-order chi connectivity index (χ1) is 6.29. The van der Waals surface area contributed by atoms with Crippen molar-refractivity contribution in [2.75, 3.05) is 11.1 Å². The highest BCUT2D eigenvalue weighted by Crippen LogP contribution is 2.30. The molecule has 1 heterocycles. The summed E-state index contributed by atoms with van der Waals surface area (Å²) in [6.07, 6.45) is 3.38. The molecule has 1 aliphatic carbocycles. The fraction of sp³-hybridized carbons (Fsp3) is 0.500. The molecule has 3 nitrogen and oxygen atoms in total. The van der Waals surface area contributed by atoms with Gasteiger partial charge >= 0.3 is 0 Å². The number of carbonyl (C=O) groups is 1. The second-order valence-electron chi connectivity index (χ2n) is 2.95. The Morgan fingerprint density at radius 2 is 2.46 bits per heavy atom. The minimum Gasteiger partial charge on any atom is -0.301 e. The van der Waals surface area contributed by atoms with Gasteiger partial charge in [0.15, 0.2) is 5.13 Å². The molecule has 0 saturated heterocycles. The van der Waals surface area contributed by atoms with Gasteiger partial charge < -0.3 is 5.32 Å². The number of aromatic nitrogens is 1. The van der Waals surface area contributed by atoms with Gasteiger partial charge in [0.05, 0.1) is 11.4 Å². The van der Waals surface area contributed by atoms with Crippen molar-refractivity contribution in [3.8, 4) is 0 Å². The van der Waals surface area contributed by atoms with Crippen molar-refractivity contribution >= 4 is 35.0 Å². The lowest BCUT2D eigenvalue weighted by Gasteiger charge is -1.96. The summed E-state index contributed by atoms with van der Waals surface area (Å²) in [5, 5.41) is 3.44. The zero-order valence-corrected chi connectivity index (χ0v) is 8.75. The average Bonchev–Trinajstić information content (AvgIpc) is 2.63.